The van der Waals surface area contributed by atoms with Gasteiger partial charge in [-0.2, -0.15) is 0 Å². The molecule has 0 spiro atoms. The Bertz CT molecular complexity index is 1050. The molecule has 8 heteroatoms. The maximum absolute atomic E-state index is 12.7. The smallest absolute Gasteiger partial charge is 0.278 e. The van der Waals surface area contributed by atoms with Crippen LogP contribution in [0, 0.1) is 27.7 Å². The third kappa shape index (κ3) is 4.89. The van der Waals surface area contributed by atoms with E-state index in [4.69, 9.17) is 0 Å². The lowest BCUT2D eigenvalue weighted by atomic mass is 10.0. The summed E-state index contributed by atoms with van der Waals surface area (Å²) in [6.07, 6.45) is 0. The molecule has 0 unspecified atom stereocenters. The van der Waals surface area contributed by atoms with Crippen LogP contribution in [0.4, 0.5) is 11.4 Å². The zero-order valence-corrected chi connectivity index (χ0v) is 18.3. The molecule has 0 saturated heterocycles. The number of carbonyl (C=O) groups excluding carboxylic acids is 2. The van der Waals surface area contributed by atoms with Crippen LogP contribution < -0.4 is 10.6 Å². The average Bonchev–Trinajstić information content (AvgIpc) is 3.00. The highest BCUT2D eigenvalue weighted by molar-refractivity contribution is 9.10. The van der Waals surface area contributed by atoms with Crippen molar-refractivity contribution in [3.05, 3.63) is 68.9 Å². The highest BCUT2D eigenvalue weighted by atomic mass is 79.9. The molecule has 0 atom stereocenters. The minimum Gasteiger partial charge on any atom is -0.324 e. The maximum atomic E-state index is 12.7. The van der Waals surface area contributed by atoms with Crippen molar-refractivity contribution in [2.24, 2.45) is 0 Å². The van der Waals surface area contributed by atoms with Gasteiger partial charge in [-0.05, 0) is 63.1 Å². The second kappa shape index (κ2) is 8.57. The quantitative estimate of drug-likeness (QED) is 0.604. The lowest BCUT2D eigenvalue weighted by Gasteiger charge is -2.12. The van der Waals surface area contributed by atoms with Gasteiger partial charge in [0.2, 0.25) is 5.91 Å². The Labute approximate surface area is 177 Å². The zero-order chi connectivity index (χ0) is 21.1. The number of rotatable bonds is 5. The minimum absolute atomic E-state index is 0.0369. The Morgan fingerprint density at radius 2 is 1.62 bits per heavy atom. The van der Waals surface area contributed by atoms with Gasteiger partial charge in [-0.15, -0.1) is 5.10 Å². The lowest BCUT2D eigenvalue weighted by molar-refractivity contribution is -0.117. The molecule has 0 aliphatic heterocycles. The molecule has 0 radical (unpaired) electrons. The maximum Gasteiger partial charge on any atom is 0.278 e. The molecule has 3 rings (SSSR count). The lowest BCUT2D eigenvalue weighted by Crippen LogP contribution is -2.21. The third-order valence-corrected chi connectivity index (χ3v) is 5.06. The monoisotopic (exact) mass is 455 g/mol. The van der Waals surface area contributed by atoms with E-state index in [-0.39, 0.29) is 24.1 Å². The predicted octanol–water partition coefficient (Wildman–Crippen LogP) is 4.17. The van der Waals surface area contributed by atoms with Crippen LogP contribution in [0.15, 0.2) is 40.9 Å². The van der Waals surface area contributed by atoms with Crippen molar-refractivity contribution in [3.63, 3.8) is 0 Å². The fraction of sp³-hybridized carbons (Fsp3) is 0.238. The molecular weight excluding hydrogens is 434 g/mol. The molecule has 0 aliphatic rings. The van der Waals surface area contributed by atoms with Gasteiger partial charge in [0.1, 0.15) is 6.54 Å². The van der Waals surface area contributed by atoms with E-state index in [2.05, 4.69) is 36.9 Å². The molecule has 0 saturated carbocycles. The van der Waals surface area contributed by atoms with Crippen molar-refractivity contribution in [1.82, 2.24) is 15.0 Å². The van der Waals surface area contributed by atoms with Gasteiger partial charge < -0.3 is 10.6 Å². The van der Waals surface area contributed by atoms with Crippen LogP contribution in [0.5, 0.6) is 0 Å². The molecule has 2 amide bonds. The number of amides is 2. The Morgan fingerprint density at radius 3 is 2.24 bits per heavy atom. The SMILES string of the molecule is Cc1cc(C)c(NC(=O)c2nnn(CC(=O)Nc3ccc(Br)cc3)c2C)c(C)c1. The van der Waals surface area contributed by atoms with E-state index < -0.39 is 0 Å². The van der Waals surface area contributed by atoms with E-state index in [1.54, 1.807) is 19.1 Å². The van der Waals surface area contributed by atoms with Crippen LogP contribution >= 0.6 is 15.9 Å². The molecule has 0 fully saturated rings. The second-order valence-electron chi connectivity index (χ2n) is 6.96. The number of nitrogens with zero attached hydrogens (tertiary/aromatic N) is 3. The Hall–Kier alpha value is -3.00. The molecule has 29 heavy (non-hydrogen) atoms. The first kappa shape index (κ1) is 20.7. The summed E-state index contributed by atoms with van der Waals surface area (Å²) in [5, 5.41) is 13.7. The third-order valence-electron chi connectivity index (χ3n) is 4.53. The Kier molecular flexibility index (Phi) is 6.12. The number of aromatic nitrogens is 3. The number of hydrogen-bond donors (Lipinski definition) is 2. The predicted molar refractivity (Wildman–Crippen MR) is 116 cm³/mol. The van der Waals surface area contributed by atoms with E-state index in [9.17, 15) is 9.59 Å². The summed E-state index contributed by atoms with van der Waals surface area (Å²) >= 11 is 3.35. The van der Waals surface area contributed by atoms with Crippen LogP contribution in [0.3, 0.4) is 0 Å². The number of carbonyl (C=O) groups is 2. The molecule has 2 aromatic carbocycles. The highest BCUT2D eigenvalue weighted by Crippen LogP contribution is 2.23. The molecule has 0 bridgehead atoms. The van der Waals surface area contributed by atoms with Crippen molar-refractivity contribution >= 4 is 39.1 Å². The fourth-order valence-electron chi connectivity index (χ4n) is 3.14. The van der Waals surface area contributed by atoms with E-state index in [1.165, 1.54) is 4.68 Å². The summed E-state index contributed by atoms with van der Waals surface area (Å²) < 4.78 is 2.34. The van der Waals surface area contributed by atoms with Crippen LogP contribution in [-0.4, -0.2) is 26.8 Å². The molecular formula is C21H22BrN5O2. The number of halogens is 1. The van der Waals surface area contributed by atoms with Gasteiger partial charge in [-0.3, -0.25) is 9.59 Å². The summed E-state index contributed by atoms with van der Waals surface area (Å²) in [7, 11) is 0. The molecule has 1 aromatic heterocycles. The van der Waals surface area contributed by atoms with E-state index >= 15 is 0 Å². The largest absolute Gasteiger partial charge is 0.324 e. The molecule has 1 heterocycles. The zero-order valence-electron chi connectivity index (χ0n) is 16.7. The minimum atomic E-state index is -0.350. The summed E-state index contributed by atoms with van der Waals surface area (Å²) in [6, 6.07) is 11.3. The van der Waals surface area contributed by atoms with Gasteiger partial charge in [0.05, 0.1) is 5.69 Å². The van der Waals surface area contributed by atoms with E-state index in [1.807, 2.05) is 45.0 Å². The van der Waals surface area contributed by atoms with Gasteiger partial charge in [-0.25, -0.2) is 4.68 Å². The normalized spacial score (nSPS) is 10.7. The molecule has 3 aromatic rings. The summed E-state index contributed by atoms with van der Waals surface area (Å²) in [5.41, 5.74) is 5.26. The van der Waals surface area contributed by atoms with Crippen molar-refractivity contribution < 1.29 is 9.59 Å². The summed E-state index contributed by atoms with van der Waals surface area (Å²) in [5.74, 6) is -0.602. The molecule has 7 nitrogen and oxygen atoms in total. The van der Waals surface area contributed by atoms with Gasteiger partial charge in [0.25, 0.3) is 5.91 Å². The number of nitrogens with one attached hydrogen (secondary N) is 2. The first-order valence-electron chi connectivity index (χ1n) is 9.09. The van der Waals surface area contributed by atoms with Gasteiger partial charge in [0, 0.05) is 15.8 Å². The van der Waals surface area contributed by atoms with Crippen LogP contribution in [0.25, 0.3) is 0 Å². The summed E-state index contributed by atoms with van der Waals surface area (Å²) in [4.78, 5) is 25.0. The molecule has 2 N–H and O–H groups in total. The Balaban J connectivity index is 1.71. The van der Waals surface area contributed by atoms with Gasteiger partial charge in [0.15, 0.2) is 5.69 Å². The topological polar surface area (TPSA) is 88.9 Å². The number of hydrogen-bond acceptors (Lipinski definition) is 4. The van der Waals surface area contributed by atoms with Crippen molar-refractivity contribution in [2.45, 2.75) is 34.2 Å². The average molecular weight is 456 g/mol. The molecule has 150 valence electrons. The summed E-state index contributed by atoms with van der Waals surface area (Å²) in [6.45, 7) is 7.60. The standard InChI is InChI=1S/C21H22BrN5O2/c1-12-9-13(2)19(14(3)10-12)24-21(29)20-15(4)27(26-25-20)11-18(28)23-17-7-5-16(22)6-8-17/h5-10H,11H2,1-4H3,(H,23,28)(H,24,29). The number of benzene rings is 2. The Morgan fingerprint density at radius 1 is 1.00 bits per heavy atom. The van der Waals surface area contributed by atoms with Gasteiger partial charge in [-0.1, -0.05) is 38.8 Å². The van der Waals surface area contributed by atoms with Crippen molar-refractivity contribution in [1.29, 1.82) is 0 Å². The van der Waals surface area contributed by atoms with Crippen molar-refractivity contribution in [2.75, 3.05) is 10.6 Å². The first-order valence-corrected chi connectivity index (χ1v) is 9.88. The van der Waals surface area contributed by atoms with Crippen LogP contribution in [0.2, 0.25) is 0 Å². The van der Waals surface area contributed by atoms with Crippen molar-refractivity contribution in [3.8, 4) is 0 Å². The number of anilines is 2. The number of aryl methyl sites for hydroxylation is 3. The van der Waals surface area contributed by atoms with Crippen LogP contribution in [-0.2, 0) is 11.3 Å². The second-order valence-corrected chi connectivity index (χ2v) is 7.88. The molecule has 0 aliphatic carbocycles. The van der Waals surface area contributed by atoms with Gasteiger partial charge >= 0.3 is 0 Å². The highest BCUT2D eigenvalue weighted by Gasteiger charge is 2.19. The van der Waals surface area contributed by atoms with Crippen LogP contribution in [0.1, 0.15) is 32.9 Å². The fourth-order valence-corrected chi connectivity index (χ4v) is 3.40. The van der Waals surface area contributed by atoms with E-state index in [0.29, 0.717) is 11.4 Å². The first-order chi connectivity index (χ1) is 13.7. The van der Waals surface area contributed by atoms with E-state index in [0.717, 1.165) is 26.9 Å².